The van der Waals surface area contributed by atoms with Crippen molar-refractivity contribution in [2.45, 2.75) is 31.7 Å². The fourth-order valence-electron chi connectivity index (χ4n) is 4.96. The lowest BCUT2D eigenvalue weighted by atomic mass is 9.79. The number of pyridine rings is 1. The highest BCUT2D eigenvalue weighted by Gasteiger charge is 2.37. The Morgan fingerprint density at radius 3 is 2.78 bits per heavy atom. The number of aromatic amines is 1. The van der Waals surface area contributed by atoms with Crippen LogP contribution in [-0.2, 0) is 6.42 Å². The zero-order valence-corrected chi connectivity index (χ0v) is 18.8. The number of aryl methyl sites for hydroxylation is 1. The fourth-order valence-corrected chi connectivity index (χ4v) is 4.96. The molecular weight excluding hydrogens is 426 g/mol. The molecule has 1 aromatic carbocycles. The molecule has 2 bridgehead atoms. The summed E-state index contributed by atoms with van der Waals surface area (Å²) in [6.07, 6.45) is 2.03. The Labute approximate surface area is 193 Å². The second-order valence-corrected chi connectivity index (χ2v) is 8.50. The van der Waals surface area contributed by atoms with Gasteiger partial charge in [-0.3, -0.25) is 14.7 Å². The van der Waals surface area contributed by atoms with Crippen LogP contribution >= 0.6 is 12.4 Å². The summed E-state index contributed by atoms with van der Waals surface area (Å²) in [5, 5.41) is 13.7. The molecule has 5 rings (SSSR count). The van der Waals surface area contributed by atoms with E-state index in [0.717, 1.165) is 42.9 Å². The van der Waals surface area contributed by atoms with E-state index in [1.54, 1.807) is 12.1 Å². The second-order valence-electron chi connectivity index (χ2n) is 8.50. The minimum atomic E-state index is -0.208. The molecule has 3 aromatic rings. The summed E-state index contributed by atoms with van der Waals surface area (Å²) in [5.74, 6) is 0.468. The molecule has 1 saturated heterocycles. The topological polar surface area (TPSA) is 91.8 Å². The highest BCUT2D eigenvalue weighted by atomic mass is 35.5. The van der Waals surface area contributed by atoms with Crippen LogP contribution in [0.2, 0.25) is 0 Å². The summed E-state index contributed by atoms with van der Waals surface area (Å²) in [7, 11) is 0. The number of benzene rings is 1. The minimum absolute atomic E-state index is 0. The molecule has 3 N–H and O–H groups in total. The molecule has 0 unspecified atom stereocenters. The largest absolute Gasteiger partial charge is 0.349 e. The van der Waals surface area contributed by atoms with Crippen molar-refractivity contribution in [3.63, 3.8) is 0 Å². The van der Waals surface area contributed by atoms with Gasteiger partial charge in [-0.2, -0.15) is 5.10 Å². The van der Waals surface area contributed by atoms with Gasteiger partial charge in [0.05, 0.1) is 11.7 Å². The van der Waals surface area contributed by atoms with E-state index >= 15 is 0 Å². The van der Waals surface area contributed by atoms with E-state index in [0.29, 0.717) is 24.1 Å². The van der Waals surface area contributed by atoms with Gasteiger partial charge >= 0.3 is 0 Å². The molecule has 32 heavy (non-hydrogen) atoms. The fraction of sp³-hybridized carbons (Fsp3) is 0.375. The third-order valence-electron chi connectivity index (χ3n) is 6.65. The molecule has 0 aliphatic carbocycles. The van der Waals surface area contributed by atoms with Gasteiger partial charge in [0.25, 0.3) is 11.5 Å². The van der Waals surface area contributed by atoms with Crippen molar-refractivity contribution in [1.82, 2.24) is 25.4 Å². The number of aromatic nitrogens is 3. The van der Waals surface area contributed by atoms with Gasteiger partial charge in [0.2, 0.25) is 0 Å². The summed E-state index contributed by atoms with van der Waals surface area (Å²) < 4.78 is 1.90. The minimum Gasteiger partial charge on any atom is -0.349 e. The first-order valence-corrected chi connectivity index (χ1v) is 11.0. The van der Waals surface area contributed by atoms with Gasteiger partial charge in [-0.1, -0.05) is 37.3 Å². The molecule has 8 heteroatoms. The highest BCUT2D eigenvalue weighted by Crippen LogP contribution is 2.38. The van der Waals surface area contributed by atoms with Crippen LogP contribution in [0, 0.1) is 5.92 Å². The number of nitrogens with zero attached hydrogens (tertiary/aromatic N) is 2. The Hall–Kier alpha value is -2.90. The lowest BCUT2D eigenvalue weighted by Crippen LogP contribution is -2.50. The van der Waals surface area contributed by atoms with Crippen LogP contribution in [0.25, 0.3) is 11.3 Å². The Balaban J connectivity index is 0.00000245. The monoisotopic (exact) mass is 453 g/mol. The predicted molar refractivity (Wildman–Crippen MR) is 126 cm³/mol. The molecule has 0 spiro atoms. The number of hydrogen-bond acceptors (Lipinski definition) is 4. The Bertz CT molecular complexity index is 1150. The maximum atomic E-state index is 12.8. The molecule has 7 nitrogen and oxygen atoms in total. The van der Waals surface area contributed by atoms with Gasteiger partial charge in [-0.25, -0.2) is 0 Å². The number of hydrogen-bond donors (Lipinski definition) is 3. The molecule has 3 atom stereocenters. The van der Waals surface area contributed by atoms with Crippen molar-refractivity contribution in [3.05, 3.63) is 75.8 Å². The Morgan fingerprint density at radius 1 is 1.19 bits per heavy atom. The van der Waals surface area contributed by atoms with E-state index in [2.05, 4.69) is 39.9 Å². The van der Waals surface area contributed by atoms with Crippen LogP contribution in [0.3, 0.4) is 0 Å². The van der Waals surface area contributed by atoms with Gasteiger partial charge in [0.15, 0.2) is 0 Å². The van der Waals surface area contributed by atoms with Crippen LogP contribution in [0.4, 0.5) is 0 Å². The third kappa shape index (κ3) is 4.10. The number of fused-ring (bicyclic) bond motifs is 4. The molecule has 2 aromatic heterocycles. The zero-order chi connectivity index (χ0) is 21.4. The smallest absolute Gasteiger partial charge is 0.269 e. The van der Waals surface area contributed by atoms with Gasteiger partial charge in [0.1, 0.15) is 5.69 Å². The number of piperidine rings is 1. The van der Waals surface area contributed by atoms with Crippen LogP contribution in [0.1, 0.15) is 47.1 Å². The first-order chi connectivity index (χ1) is 15.1. The maximum absolute atomic E-state index is 12.8. The van der Waals surface area contributed by atoms with E-state index in [-0.39, 0.29) is 29.9 Å². The van der Waals surface area contributed by atoms with E-state index in [1.165, 1.54) is 5.56 Å². The standard InChI is InChI=1S/C24H27N5O2.ClH/c1-2-15-6-8-16(9-7-15)19-11-20(28-27-19)24(31)26-14-22-18-10-17(12-25-13-18)21-4-3-5-23(30)29(21)22;/h3-9,11,17-18,22,25H,2,10,12-14H2,1H3,(H,26,31)(H,27,28);1H/t17-,18+,22+;/m1./s1. The Kier molecular flexibility index (Phi) is 6.48. The predicted octanol–water partition coefficient (Wildman–Crippen LogP) is 2.90. The van der Waals surface area contributed by atoms with Crippen LogP contribution in [-0.4, -0.2) is 40.3 Å². The molecule has 0 radical (unpaired) electrons. The molecule has 0 saturated carbocycles. The first-order valence-electron chi connectivity index (χ1n) is 11.0. The number of carbonyl (C=O) groups excluding carboxylic acids is 1. The molecule has 1 fully saturated rings. The molecule has 1 amide bonds. The number of carbonyl (C=O) groups is 1. The van der Waals surface area contributed by atoms with Gasteiger partial charge in [0, 0.05) is 42.9 Å². The van der Waals surface area contributed by atoms with Gasteiger partial charge in [-0.05, 0) is 36.5 Å². The van der Waals surface area contributed by atoms with E-state index < -0.39 is 0 Å². The molecular formula is C24H28ClN5O2. The van der Waals surface area contributed by atoms with Crippen molar-refractivity contribution in [2.75, 3.05) is 19.6 Å². The van der Waals surface area contributed by atoms with E-state index in [1.807, 2.05) is 28.8 Å². The number of nitrogens with one attached hydrogen (secondary N) is 3. The lowest BCUT2D eigenvalue weighted by molar-refractivity contribution is 0.0927. The highest BCUT2D eigenvalue weighted by molar-refractivity contribution is 5.93. The summed E-state index contributed by atoms with van der Waals surface area (Å²) >= 11 is 0. The van der Waals surface area contributed by atoms with Crippen LogP contribution < -0.4 is 16.2 Å². The first kappa shape index (κ1) is 22.3. The molecule has 4 heterocycles. The SMILES string of the molecule is CCc1ccc(-c2cc(C(=O)NC[C@H]3[C@@H]4CNC[C@@H](C4)c4cccc(=O)n43)[nH]n2)cc1.Cl. The van der Waals surface area contributed by atoms with Gasteiger partial charge < -0.3 is 15.2 Å². The van der Waals surface area contributed by atoms with Crippen LogP contribution in [0.5, 0.6) is 0 Å². The summed E-state index contributed by atoms with van der Waals surface area (Å²) in [5.41, 5.74) is 4.47. The number of halogens is 1. The van der Waals surface area contributed by atoms with Crippen molar-refractivity contribution in [2.24, 2.45) is 5.92 Å². The third-order valence-corrected chi connectivity index (χ3v) is 6.65. The summed E-state index contributed by atoms with van der Waals surface area (Å²) in [6.45, 7) is 4.29. The van der Waals surface area contributed by atoms with E-state index in [4.69, 9.17) is 0 Å². The normalized spacial score (nSPS) is 21.3. The Morgan fingerprint density at radius 2 is 2.00 bits per heavy atom. The quantitative estimate of drug-likeness (QED) is 0.554. The average molecular weight is 454 g/mol. The summed E-state index contributed by atoms with van der Waals surface area (Å²) in [4.78, 5) is 25.5. The number of rotatable bonds is 5. The van der Waals surface area contributed by atoms with Crippen molar-refractivity contribution < 1.29 is 4.79 Å². The molecule has 2 aliphatic heterocycles. The van der Waals surface area contributed by atoms with E-state index in [9.17, 15) is 9.59 Å². The average Bonchev–Trinajstić information content (AvgIpc) is 3.30. The van der Waals surface area contributed by atoms with Crippen molar-refractivity contribution in [3.8, 4) is 11.3 Å². The van der Waals surface area contributed by atoms with Gasteiger partial charge in [-0.15, -0.1) is 12.4 Å². The molecule has 168 valence electrons. The number of amides is 1. The van der Waals surface area contributed by atoms with Crippen LogP contribution in [0.15, 0.2) is 53.3 Å². The number of H-pyrrole nitrogens is 1. The lowest BCUT2D eigenvalue weighted by Gasteiger charge is -2.43. The van der Waals surface area contributed by atoms with Crippen molar-refractivity contribution in [1.29, 1.82) is 0 Å². The van der Waals surface area contributed by atoms with Crippen molar-refractivity contribution >= 4 is 18.3 Å². The molecule has 2 aliphatic rings. The summed E-state index contributed by atoms with van der Waals surface area (Å²) in [6, 6.07) is 15.4. The second kappa shape index (κ2) is 9.30. The zero-order valence-electron chi connectivity index (χ0n) is 18.0. The maximum Gasteiger partial charge on any atom is 0.269 e.